The van der Waals surface area contributed by atoms with Gasteiger partial charge in [-0.1, -0.05) is 75.7 Å². The number of aliphatic hydroxyl groups is 1. The average Bonchev–Trinajstić information content (AvgIpc) is 3.38. The van der Waals surface area contributed by atoms with Gasteiger partial charge in [-0.15, -0.1) is 5.92 Å². The molecule has 9 nitrogen and oxygen atoms in total. The van der Waals surface area contributed by atoms with E-state index in [1.54, 1.807) is 45.3 Å². The second kappa shape index (κ2) is 21.2. The van der Waals surface area contributed by atoms with E-state index in [0.717, 1.165) is 44.1 Å². The van der Waals surface area contributed by atoms with Crippen molar-refractivity contribution in [2.24, 2.45) is 5.92 Å². The lowest BCUT2D eigenvalue weighted by Gasteiger charge is -2.29. The summed E-state index contributed by atoms with van der Waals surface area (Å²) >= 11 is 0. The number of unbranched alkanes of at least 4 members (excludes halogenated alkanes) is 8. The van der Waals surface area contributed by atoms with Crippen molar-refractivity contribution in [3.05, 3.63) is 42.0 Å². The van der Waals surface area contributed by atoms with Crippen molar-refractivity contribution in [1.82, 2.24) is 10.2 Å². The molecule has 1 aliphatic heterocycles. The van der Waals surface area contributed by atoms with Gasteiger partial charge in [0.05, 0.1) is 12.5 Å². The SMILES string of the molecule is CC#CCOc1ccc(C[C@H](NC(=O)[C@@H](C=CCCCCCCC(=O)CCCCCCC)[C@@]2(O)CCOC2=O)C(=O)N(C)C)cc1. The summed E-state index contributed by atoms with van der Waals surface area (Å²) in [6.07, 6.45) is 14.9. The third kappa shape index (κ3) is 13.4. The van der Waals surface area contributed by atoms with E-state index in [4.69, 9.17) is 9.47 Å². The molecule has 1 aromatic carbocycles. The predicted molar refractivity (Wildman–Crippen MR) is 179 cm³/mol. The Kier molecular flexibility index (Phi) is 17.8. The quantitative estimate of drug-likeness (QED) is 0.0763. The molecule has 1 aliphatic rings. The standard InChI is InChI=1S/C37H54N2O7/c1-5-7-9-12-15-18-30(40)19-16-13-10-11-14-17-20-32(37(44)25-27-46-36(37)43)34(41)38-33(35(42)39(3)4)28-29-21-23-31(24-22-29)45-26-8-6-2/h17,20-24,32-33,44H,5,7,9-16,18-19,25-28H2,1-4H3,(H,38,41)/t32-,33+,37+/m1/s1. The molecule has 254 valence electrons. The van der Waals surface area contributed by atoms with E-state index in [9.17, 15) is 24.3 Å². The van der Waals surface area contributed by atoms with Gasteiger partial charge in [0.15, 0.2) is 5.60 Å². The van der Waals surface area contributed by atoms with E-state index < -0.39 is 29.4 Å². The highest BCUT2D eigenvalue weighted by atomic mass is 16.6. The molecule has 1 saturated heterocycles. The highest BCUT2D eigenvalue weighted by Crippen LogP contribution is 2.31. The zero-order valence-corrected chi connectivity index (χ0v) is 28.3. The number of rotatable bonds is 22. The fraction of sp³-hybridized carbons (Fsp3) is 0.622. The summed E-state index contributed by atoms with van der Waals surface area (Å²) in [6.45, 7) is 4.21. The summed E-state index contributed by atoms with van der Waals surface area (Å²) in [4.78, 5) is 52.8. The number of ether oxygens (including phenoxy) is 2. The summed E-state index contributed by atoms with van der Waals surface area (Å²) in [5, 5.41) is 14.0. The van der Waals surface area contributed by atoms with Gasteiger partial charge in [-0.2, -0.15) is 0 Å². The van der Waals surface area contributed by atoms with Crippen LogP contribution in [0.2, 0.25) is 0 Å². The number of nitrogens with one attached hydrogen (secondary N) is 1. The van der Waals surface area contributed by atoms with Gasteiger partial charge in [0.1, 0.15) is 24.2 Å². The van der Waals surface area contributed by atoms with Crippen LogP contribution in [0, 0.1) is 17.8 Å². The Morgan fingerprint density at radius 2 is 1.70 bits per heavy atom. The monoisotopic (exact) mass is 638 g/mol. The number of ketones is 1. The molecule has 1 fully saturated rings. The van der Waals surface area contributed by atoms with E-state index >= 15 is 0 Å². The van der Waals surface area contributed by atoms with E-state index in [0.29, 0.717) is 30.8 Å². The number of esters is 1. The van der Waals surface area contributed by atoms with Crippen LogP contribution in [0.5, 0.6) is 5.75 Å². The highest BCUT2D eigenvalue weighted by Gasteiger charge is 2.51. The molecule has 1 heterocycles. The Morgan fingerprint density at radius 3 is 2.28 bits per heavy atom. The maximum Gasteiger partial charge on any atom is 0.339 e. The van der Waals surface area contributed by atoms with Gasteiger partial charge in [0, 0.05) is 39.8 Å². The molecule has 0 spiro atoms. The van der Waals surface area contributed by atoms with Crippen molar-refractivity contribution in [3.63, 3.8) is 0 Å². The van der Waals surface area contributed by atoms with Crippen LogP contribution in [-0.4, -0.2) is 72.5 Å². The first-order chi connectivity index (χ1) is 22.1. The summed E-state index contributed by atoms with van der Waals surface area (Å²) in [5.74, 6) is 3.59. The number of hydrogen-bond donors (Lipinski definition) is 2. The third-order valence-electron chi connectivity index (χ3n) is 8.24. The lowest BCUT2D eigenvalue weighted by molar-refractivity contribution is -0.160. The number of carbonyl (C=O) groups is 4. The van der Waals surface area contributed by atoms with E-state index in [2.05, 4.69) is 24.1 Å². The predicted octanol–water partition coefficient (Wildman–Crippen LogP) is 5.32. The summed E-state index contributed by atoms with van der Waals surface area (Å²) in [7, 11) is 3.22. The third-order valence-corrected chi connectivity index (χ3v) is 8.24. The first-order valence-electron chi connectivity index (χ1n) is 16.8. The van der Waals surface area contributed by atoms with E-state index in [1.807, 2.05) is 12.1 Å². The van der Waals surface area contributed by atoms with Crippen molar-refractivity contribution in [2.75, 3.05) is 27.3 Å². The first kappa shape index (κ1) is 38.5. The molecule has 9 heteroatoms. The molecule has 46 heavy (non-hydrogen) atoms. The molecular formula is C37H54N2O7. The summed E-state index contributed by atoms with van der Waals surface area (Å²) in [6, 6.07) is 6.28. The second-order valence-electron chi connectivity index (χ2n) is 12.2. The fourth-order valence-corrected chi connectivity index (χ4v) is 5.42. The Balaban J connectivity index is 1.97. The van der Waals surface area contributed by atoms with Gasteiger partial charge >= 0.3 is 5.97 Å². The van der Waals surface area contributed by atoms with Crippen LogP contribution >= 0.6 is 0 Å². The van der Waals surface area contributed by atoms with Crippen LogP contribution in [0.3, 0.4) is 0 Å². The van der Waals surface area contributed by atoms with Crippen molar-refractivity contribution in [2.45, 2.75) is 115 Å². The Bertz CT molecular complexity index is 1200. The lowest BCUT2D eigenvalue weighted by Crippen LogP contribution is -2.54. The van der Waals surface area contributed by atoms with Crippen LogP contribution in [0.25, 0.3) is 0 Å². The van der Waals surface area contributed by atoms with Crippen LogP contribution in [0.15, 0.2) is 36.4 Å². The number of Topliss-reactive ketones (excluding diaryl/α,β-unsaturated/α-hetero) is 1. The number of hydrogen-bond acceptors (Lipinski definition) is 7. The summed E-state index contributed by atoms with van der Waals surface area (Å²) in [5.41, 5.74) is -1.21. The first-order valence-corrected chi connectivity index (χ1v) is 16.8. The molecule has 0 saturated carbocycles. The molecule has 1 aromatic rings. The fourth-order valence-electron chi connectivity index (χ4n) is 5.42. The Hall–Kier alpha value is -3.64. The van der Waals surface area contributed by atoms with Crippen molar-refractivity contribution in [3.8, 4) is 17.6 Å². The van der Waals surface area contributed by atoms with Gasteiger partial charge in [0.2, 0.25) is 11.8 Å². The lowest BCUT2D eigenvalue weighted by atomic mass is 9.84. The smallest absolute Gasteiger partial charge is 0.339 e. The maximum atomic E-state index is 13.6. The second-order valence-corrected chi connectivity index (χ2v) is 12.2. The van der Waals surface area contributed by atoms with Crippen molar-refractivity contribution < 1.29 is 33.8 Å². The number of likely N-dealkylation sites (N-methyl/N-ethyl adjacent to an activating group) is 1. The Labute approximate surface area is 275 Å². The summed E-state index contributed by atoms with van der Waals surface area (Å²) < 4.78 is 10.6. The van der Waals surface area contributed by atoms with E-state index in [1.165, 1.54) is 24.2 Å². The van der Waals surface area contributed by atoms with Crippen LogP contribution < -0.4 is 10.1 Å². The van der Waals surface area contributed by atoms with Crippen molar-refractivity contribution >= 4 is 23.6 Å². The number of allylic oxidation sites excluding steroid dienone is 1. The molecular weight excluding hydrogens is 584 g/mol. The number of benzene rings is 1. The minimum atomic E-state index is -2.01. The normalized spacial score (nSPS) is 17.1. The largest absolute Gasteiger partial charge is 0.481 e. The van der Waals surface area contributed by atoms with E-state index in [-0.39, 0.29) is 32.0 Å². The van der Waals surface area contributed by atoms with Gasteiger partial charge in [-0.3, -0.25) is 14.4 Å². The van der Waals surface area contributed by atoms with Crippen molar-refractivity contribution in [1.29, 1.82) is 0 Å². The molecule has 0 bridgehead atoms. The van der Waals surface area contributed by atoms with Crippen LogP contribution in [-0.2, 0) is 30.3 Å². The molecule has 0 aliphatic carbocycles. The van der Waals surface area contributed by atoms with Gasteiger partial charge in [0.25, 0.3) is 0 Å². The van der Waals surface area contributed by atoms with Gasteiger partial charge in [-0.05, 0) is 50.3 Å². The number of carbonyl (C=O) groups excluding carboxylic acids is 4. The van der Waals surface area contributed by atoms with Gasteiger partial charge < -0.3 is 24.8 Å². The zero-order chi connectivity index (χ0) is 33.8. The highest BCUT2D eigenvalue weighted by molar-refractivity contribution is 5.94. The van der Waals surface area contributed by atoms with Crippen LogP contribution in [0.4, 0.5) is 0 Å². The molecule has 3 atom stereocenters. The maximum absolute atomic E-state index is 13.6. The molecule has 0 aromatic heterocycles. The zero-order valence-electron chi connectivity index (χ0n) is 28.3. The minimum Gasteiger partial charge on any atom is -0.481 e. The molecule has 2 rings (SSSR count). The topological polar surface area (TPSA) is 122 Å². The molecule has 0 radical (unpaired) electrons. The number of nitrogens with zero attached hydrogens (tertiary/aromatic N) is 1. The molecule has 2 N–H and O–H groups in total. The van der Waals surface area contributed by atoms with Crippen LogP contribution in [0.1, 0.15) is 103 Å². The average molecular weight is 639 g/mol. The number of amides is 2. The minimum absolute atomic E-state index is 0.0166. The number of cyclic esters (lactones) is 1. The van der Waals surface area contributed by atoms with Gasteiger partial charge in [-0.25, -0.2) is 4.79 Å². The Morgan fingerprint density at radius 1 is 1.04 bits per heavy atom. The molecule has 2 amide bonds. The molecule has 0 unspecified atom stereocenters.